The summed E-state index contributed by atoms with van der Waals surface area (Å²) < 4.78 is 7.81. The second-order valence-corrected chi connectivity index (χ2v) is 6.40. The largest absolute Gasteiger partial charge is 0.377 e. The lowest BCUT2D eigenvalue weighted by atomic mass is 10.1. The first-order chi connectivity index (χ1) is 12.8. The molecule has 26 heavy (non-hydrogen) atoms. The van der Waals surface area contributed by atoms with Gasteiger partial charge in [-0.15, -0.1) is 0 Å². The van der Waals surface area contributed by atoms with E-state index in [1.165, 1.54) is 11.3 Å². The van der Waals surface area contributed by atoms with Gasteiger partial charge in [0, 0.05) is 31.7 Å². The van der Waals surface area contributed by atoms with Crippen LogP contribution in [0.5, 0.6) is 0 Å². The van der Waals surface area contributed by atoms with E-state index in [-0.39, 0.29) is 6.04 Å². The average Bonchev–Trinajstić information content (AvgIpc) is 3.12. The monoisotopic (exact) mass is 349 g/mol. The van der Waals surface area contributed by atoms with Crippen molar-refractivity contribution in [3.63, 3.8) is 0 Å². The number of nitrogens with zero attached hydrogens (tertiary/aromatic N) is 4. The molecule has 0 amide bonds. The molecule has 1 aliphatic heterocycles. The Balaban J connectivity index is 1.53. The molecule has 1 unspecified atom stereocenters. The molecule has 1 saturated heterocycles. The Labute approximate surface area is 153 Å². The molecule has 6 nitrogen and oxygen atoms in total. The lowest BCUT2D eigenvalue weighted by molar-refractivity contribution is 0.0937. The molecule has 1 aromatic carbocycles. The van der Waals surface area contributed by atoms with Gasteiger partial charge in [0.05, 0.1) is 25.8 Å². The van der Waals surface area contributed by atoms with Crippen LogP contribution in [0, 0.1) is 0 Å². The summed E-state index contributed by atoms with van der Waals surface area (Å²) in [5, 5.41) is 3.32. The number of aryl methyl sites for hydroxylation is 1. The molecule has 0 aliphatic carbocycles. The summed E-state index contributed by atoms with van der Waals surface area (Å²) in [6.07, 6.45) is 3.85. The van der Waals surface area contributed by atoms with Crippen molar-refractivity contribution in [2.45, 2.75) is 12.6 Å². The zero-order chi connectivity index (χ0) is 17.8. The van der Waals surface area contributed by atoms with Crippen LogP contribution in [0.25, 0.3) is 0 Å². The summed E-state index contributed by atoms with van der Waals surface area (Å²) in [4.78, 5) is 11.4. The second-order valence-electron chi connectivity index (χ2n) is 6.40. The van der Waals surface area contributed by atoms with Gasteiger partial charge in [-0.2, -0.15) is 4.98 Å². The van der Waals surface area contributed by atoms with Crippen LogP contribution >= 0.6 is 0 Å². The minimum atomic E-state index is 0.167. The minimum absolute atomic E-state index is 0.167. The van der Waals surface area contributed by atoms with Gasteiger partial charge in [-0.3, -0.25) is 0 Å². The summed E-state index contributed by atoms with van der Waals surface area (Å²) in [5.41, 5.74) is 2.43. The van der Waals surface area contributed by atoms with Gasteiger partial charge in [-0.25, -0.2) is 4.98 Å². The molecule has 0 radical (unpaired) electrons. The van der Waals surface area contributed by atoms with E-state index >= 15 is 0 Å². The topological polar surface area (TPSA) is 55.2 Å². The van der Waals surface area contributed by atoms with Gasteiger partial charge in [0.15, 0.2) is 0 Å². The van der Waals surface area contributed by atoms with E-state index < -0.39 is 0 Å². The number of aromatic nitrogens is 3. The number of benzene rings is 1. The fraction of sp³-hybridized carbons (Fsp3) is 0.300. The Morgan fingerprint density at radius 3 is 2.85 bits per heavy atom. The Hall–Kier alpha value is -2.86. The molecule has 1 aliphatic rings. The molecule has 0 saturated carbocycles. The van der Waals surface area contributed by atoms with Gasteiger partial charge in [-0.1, -0.05) is 30.3 Å². The van der Waals surface area contributed by atoms with Crippen molar-refractivity contribution in [1.82, 2.24) is 14.5 Å². The third kappa shape index (κ3) is 3.55. The summed E-state index contributed by atoms with van der Waals surface area (Å²) in [6, 6.07) is 16.7. The van der Waals surface area contributed by atoms with Crippen molar-refractivity contribution in [3.8, 4) is 0 Å². The zero-order valence-electron chi connectivity index (χ0n) is 14.9. The average molecular weight is 349 g/mol. The van der Waals surface area contributed by atoms with Gasteiger partial charge in [0.1, 0.15) is 5.82 Å². The van der Waals surface area contributed by atoms with Crippen LogP contribution in [0.3, 0.4) is 0 Å². The highest BCUT2D eigenvalue weighted by molar-refractivity contribution is 5.46. The molecule has 0 spiro atoms. The van der Waals surface area contributed by atoms with E-state index in [1.807, 2.05) is 37.6 Å². The normalized spacial score (nSPS) is 17.3. The summed E-state index contributed by atoms with van der Waals surface area (Å²) in [6.45, 7) is 2.88. The fourth-order valence-corrected chi connectivity index (χ4v) is 3.27. The summed E-state index contributed by atoms with van der Waals surface area (Å²) in [7, 11) is 2.03. The van der Waals surface area contributed by atoms with Crippen molar-refractivity contribution in [3.05, 3.63) is 72.2 Å². The quantitative estimate of drug-likeness (QED) is 0.767. The maximum atomic E-state index is 5.72. The zero-order valence-corrected chi connectivity index (χ0v) is 14.9. The van der Waals surface area contributed by atoms with Crippen LogP contribution < -0.4 is 10.2 Å². The van der Waals surface area contributed by atoms with Crippen molar-refractivity contribution in [2.75, 3.05) is 30.0 Å². The van der Waals surface area contributed by atoms with Crippen LogP contribution in [0.15, 0.2) is 60.9 Å². The smallest absolute Gasteiger partial charge is 0.224 e. The maximum absolute atomic E-state index is 5.72. The predicted octanol–water partition coefficient (Wildman–Crippen LogP) is 3.01. The van der Waals surface area contributed by atoms with Gasteiger partial charge in [-0.05, 0) is 23.8 Å². The lowest BCUT2D eigenvalue weighted by Crippen LogP contribution is -2.40. The van der Waals surface area contributed by atoms with E-state index in [4.69, 9.17) is 9.72 Å². The molecule has 2 aromatic heterocycles. The van der Waals surface area contributed by atoms with E-state index in [2.05, 4.69) is 50.1 Å². The number of rotatable bonds is 5. The van der Waals surface area contributed by atoms with Crippen molar-refractivity contribution < 1.29 is 4.74 Å². The van der Waals surface area contributed by atoms with E-state index in [9.17, 15) is 0 Å². The van der Waals surface area contributed by atoms with Crippen molar-refractivity contribution in [2.24, 2.45) is 7.05 Å². The van der Waals surface area contributed by atoms with Crippen LogP contribution in [0.1, 0.15) is 17.3 Å². The lowest BCUT2D eigenvalue weighted by Gasteiger charge is -2.36. The molecule has 4 rings (SSSR count). The Kier molecular flexibility index (Phi) is 4.84. The molecule has 1 fully saturated rings. The van der Waals surface area contributed by atoms with Crippen LogP contribution in [-0.4, -0.2) is 34.3 Å². The third-order valence-electron chi connectivity index (χ3n) is 4.73. The molecule has 3 heterocycles. The molecule has 3 aromatic rings. The van der Waals surface area contributed by atoms with Gasteiger partial charge < -0.3 is 19.5 Å². The molecule has 6 heteroatoms. The molecular weight excluding hydrogens is 326 g/mol. The number of hydrogen-bond donors (Lipinski definition) is 1. The fourth-order valence-electron chi connectivity index (χ4n) is 3.27. The SMILES string of the molecule is Cn1cccc1CNc1nccc(N2CCOCC2c2ccccc2)n1. The van der Waals surface area contributed by atoms with Crippen LogP contribution in [-0.2, 0) is 18.3 Å². The Bertz CT molecular complexity index is 848. The number of morpholine rings is 1. The second kappa shape index (κ2) is 7.58. The maximum Gasteiger partial charge on any atom is 0.224 e. The minimum Gasteiger partial charge on any atom is -0.377 e. The molecular formula is C20H23N5O. The van der Waals surface area contributed by atoms with Gasteiger partial charge in [0.2, 0.25) is 5.95 Å². The van der Waals surface area contributed by atoms with E-state index in [0.29, 0.717) is 25.7 Å². The molecule has 1 N–H and O–H groups in total. The molecule has 1 atom stereocenters. The van der Waals surface area contributed by atoms with Gasteiger partial charge in [0.25, 0.3) is 0 Å². The number of ether oxygens (including phenoxy) is 1. The molecule has 0 bridgehead atoms. The predicted molar refractivity (Wildman–Crippen MR) is 102 cm³/mol. The summed E-state index contributed by atoms with van der Waals surface area (Å²) in [5.74, 6) is 1.56. The van der Waals surface area contributed by atoms with Gasteiger partial charge >= 0.3 is 0 Å². The summed E-state index contributed by atoms with van der Waals surface area (Å²) >= 11 is 0. The highest BCUT2D eigenvalue weighted by Crippen LogP contribution is 2.28. The number of anilines is 2. The van der Waals surface area contributed by atoms with Crippen LogP contribution in [0.4, 0.5) is 11.8 Å². The highest BCUT2D eigenvalue weighted by atomic mass is 16.5. The first-order valence-corrected chi connectivity index (χ1v) is 8.88. The van der Waals surface area contributed by atoms with Crippen molar-refractivity contribution in [1.29, 1.82) is 0 Å². The van der Waals surface area contributed by atoms with Crippen LogP contribution in [0.2, 0.25) is 0 Å². The Morgan fingerprint density at radius 1 is 1.15 bits per heavy atom. The first-order valence-electron chi connectivity index (χ1n) is 8.88. The first kappa shape index (κ1) is 16.6. The van der Waals surface area contributed by atoms with E-state index in [0.717, 1.165) is 12.4 Å². The highest BCUT2D eigenvalue weighted by Gasteiger charge is 2.25. The number of nitrogens with one attached hydrogen (secondary N) is 1. The van der Waals surface area contributed by atoms with Crippen molar-refractivity contribution >= 4 is 11.8 Å². The van der Waals surface area contributed by atoms with E-state index in [1.54, 1.807) is 0 Å². The molecule has 134 valence electrons. The number of hydrogen-bond acceptors (Lipinski definition) is 5. The Morgan fingerprint density at radius 2 is 2.04 bits per heavy atom. The third-order valence-corrected chi connectivity index (χ3v) is 4.73. The standard InChI is InChI=1S/C20H23N5O/c1-24-11-5-8-17(24)14-22-20-21-10-9-19(23-20)25-12-13-26-15-18(25)16-6-3-2-4-7-16/h2-11,18H,12-15H2,1H3,(H,21,22,23).